The summed E-state index contributed by atoms with van der Waals surface area (Å²) in [5.41, 5.74) is 1.16. The summed E-state index contributed by atoms with van der Waals surface area (Å²) in [4.78, 5) is 23.4. The minimum atomic E-state index is -3.75. The van der Waals surface area contributed by atoms with E-state index in [-0.39, 0.29) is 85.8 Å². The fourth-order valence-corrected chi connectivity index (χ4v) is 7.97. The summed E-state index contributed by atoms with van der Waals surface area (Å²) in [5, 5.41) is 17.3. The number of fused-ring (bicyclic) bond motifs is 1. The van der Waals surface area contributed by atoms with Crippen molar-refractivity contribution in [2.24, 2.45) is 5.92 Å². The molecule has 2 aromatic heterocycles. The Kier molecular flexibility index (Phi) is 9.16. The molecule has 234 valence electrons. The molecule has 3 heterocycles. The van der Waals surface area contributed by atoms with Crippen LogP contribution in [-0.4, -0.2) is 87.3 Å². The number of aromatic hydroxyl groups is 1. The van der Waals surface area contributed by atoms with Crippen LogP contribution >= 0.6 is 0 Å². The first kappa shape index (κ1) is 31.0. The molecule has 1 saturated carbocycles. The number of likely N-dealkylation sites (tertiary alicyclic amines) is 1. The van der Waals surface area contributed by atoms with Crippen molar-refractivity contribution in [2.45, 2.75) is 76.8 Å². The first-order valence-electron chi connectivity index (χ1n) is 14.8. The Balaban J connectivity index is 1.16. The summed E-state index contributed by atoms with van der Waals surface area (Å²) in [6.45, 7) is 5.32. The molecular weight excluding hydrogens is 580 g/mol. The topological polar surface area (TPSA) is 133 Å². The van der Waals surface area contributed by atoms with Crippen LogP contribution in [0.2, 0.25) is 0 Å². The highest BCUT2D eigenvalue weighted by atomic mass is 32.2. The maximum Gasteiger partial charge on any atom is 0.255 e. The predicted octanol–water partition coefficient (Wildman–Crippen LogP) is 3.31. The van der Waals surface area contributed by atoms with Crippen molar-refractivity contribution in [1.29, 1.82) is 0 Å². The van der Waals surface area contributed by atoms with E-state index in [1.807, 2.05) is 13.0 Å². The Bertz CT molecular complexity index is 1520. The molecule has 1 atom stereocenters. The highest BCUT2D eigenvalue weighted by molar-refractivity contribution is 7.92. The van der Waals surface area contributed by atoms with Crippen molar-refractivity contribution < 1.29 is 27.1 Å². The fourth-order valence-electron chi connectivity index (χ4n) is 5.97. The van der Waals surface area contributed by atoms with E-state index in [1.54, 1.807) is 31.2 Å². The number of sulfonamides is 1. The Hall–Kier alpha value is -3.39. The third-order valence-corrected chi connectivity index (χ3v) is 10.3. The van der Waals surface area contributed by atoms with Crippen molar-refractivity contribution in [3.8, 4) is 5.88 Å². The number of aromatic nitrogens is 4. The number of anilines is 1. The van der Waals surface area contributed by atoms with Crippen molar-refractivity contribution in [1.82, 2.24) is 29.8 Å². The predicted molar refractivity (Wildman–Crippen MR) is 158 cm³/mol. The Morgan fingerprint density at radius 1 is 1.14 bits per heavy atom. The number of rotatable bonds is 10. The van der Waals surface area contributed by atoms with Gasteiger partial charge in [-0.25, -0.2) is 22.2 Å². The number of benzene rings is 1. The molecule has 2 aliphatic rings. The van der Waals surface area contributed by atoms with Crippen molar-refractivity contribution >= 4 is 27.4 Å². The van der Waals surface area contributed by atoms with E-state index in [0.717, 1.165) is 0 Å². The Morgan fingerprint density at radius 2 is 1.81 bits per heavy atom. The second-order valence-corrected chi connectivity index (χ2v) is 13.8. The number of amides is 1. The number of nitrogens with zero attached hydrogens (tertiary/aromatic N) is 6. The van der Waals surface area contributed by atoms with Gasteiger partial charge in [0.25, 0.3) is 5.78 Å². The van der Waals surface area contributed by atoms with Crippen LogP contribution in [-0.2, 0) is 21.2 Å². The number of hydrogen-bond donors (Lipinski definition) is 2. The van der Waals surface area contributed by atoms with Gasteiger partial charge in [0, 0.05) is 56.3 Å². The van der Waals surface area contributed by atoms with Gasteiger partial charge in [-0.2, -0.15) is 9.50 Å². The Labute approximate surface area is 250 Å². The van der Waals surface area contributed by atoms with Gasteiger partial charge in [-0.1, -0.05) is 18.2 Å². The highest BCUT2D eigenvalue weighted by Gasteiger charge is 2.38. The minimum absolute atomic E-state index is 0.0407. The zero-order valence-electron chi connectivity index (χ0n) is 24.5. The van der Waals surface area contributed by atoms with Gasteiger partial charge in [0.2, 0.25) is 27.7 Å². The fraction of sp³-hybridized carbons (Fsp3) is 0.586. The molecule has 11 nitrogen and oxygen atoms in total. The number of hydrogen-bond acceptors (Lipinski definition) is 8. The molecule has 5 rings (SSSR count). The highest BCUT2D eigenvalue weighted by Crippen LogP contribution is 2.37. The lowest BCUT2D eigenvalue weighted by atomic mass is 9.88. The lowest BCUT2D eigenvalue weighted by Gasteiger charge is -2.39. The van der Waals surface area contributed by atoms with Crippen molar-refractivity contribution in [3.63, 3.8) is 0 Å². The number of piperidine rings is 1. The monoisotopic (exact) mass is 619 g/mol. The summed E-state index contributed by atoms with van der Waals surface area (Å²) in [6.07, 6.45) is 1.23. The quantitative estimate of drug-likeness (QED) is 0.353. The second kappa shape index (κ2) is 12.7. The molecule has 0 radical (unpaired) electrons. The molecule has 0 bridgehead atoms. The molecule has 1 amide bonds. The SMILES string of the molecule is Cc1cc(O)n2nc(CC(=O)NC3CCN([C@H](C)CN(c4ccccc4)S(=O)(=O)CC4CCC(F)(F)CC4)CC3)nc2n1. The lowest BCUT2D eigenvalue weighted by molar-refractivity contribution is -0.121. The molecule has 1 aliphatic carbocycles. The molecule has 14 heteroatoms. The van der Waals surface area contributed by atoms with Gasteiger partial charge in [0.1, 0.15) is 0 Å². The van der Waals surface area contributed by atoms with E-state index in [2.05, 4.69) is 25.3 Å². The minimum Gasteiger partial charge on any atom is -0.493 e. The summed E-state index contributed by atoms with van der Waals surface area (Å²) in [6, 6.07) is 10.3. The van der Waals surface area contributed by atoms with Crippen LogP contribution in [0.25, 0.3) is 5.78 Å². The van der Waals surface area contributed by atoms with Crippen LogP contribution in [0.3, 0.4) is 0 Å². The third kappa shape index (κ3) is 7.77. The maximum atomic E-state index is 13.7. The average molecular weight is 620 g/mol. The smallest absolute Gasteiger partial charge is 0.255 e. The third-order valence-electron chi connectivity index (χ3n) is 8.39. The van der Waals surface area contributed by atoms with E-state index >= 15 is 0 Å². The zero-order chi connectivity index (χ0) is 30.8. The summed E-state index contributed by atoms with van der Waals surface area (Å²) < 4.78 is 57.2. The van der Waals surface area contributed by atoms with E-state index < -0.39 is 15.9 Å². The number of para-hydroxylation sites is 1. The molecule has 1 saturated heterocycles. The molecule has 0 spiro atoms. The van der Waals surface area contributed by atoms with Crippen LogP contribution in [0.1, 0.15) is 57.0 Å². The number of alkyl halides is 2. The van der Waals surface area contributed by atoms with E-state index in [9.17, 15) is 27.1 Å². The van der Waals surface area contributed by atoms with Crippen LogP contribution < -0.4 is 9.62 Å². The summed E-state index contributed by atoms with van der Waals surface area (Å²) >= 11 is 0. The van der Waals surface area contributed by atoms with Crippen LogP contribution in [0, 0.1) is 12.8 Å². The van der Waals surface area contributed by atoms with E-state index in [0.29, 0.717) is 37.3 Å². The second-order valence-electron chi connectivity index (χ2n) is 11.8. The van der Waals surface area contributed by atoms with Crippen molar-refractivity contribution in [3.05, 3.63) is 47.9 Å². The molecule has 0 unspecified atom stereocenters. The molecular formula is C29H39F2N7O4S. The summed E-state index contributed by atoms with van der Waals surface area (Å²) in [5.74, 6) is -2.95. The van der Waals surface area contributed by atoms with Gasteiger partial charge >= 0.3 is 0 Å². The molecule has 1 aromatic carbocycles. The first-order valence-corrected chi connectivity index (χ1v) is 16.4. The average Bonchev–Trinajstić information content (AvgIpc) is 3.35. The van der Waals surface area contributed by atoms with Gasteiger partial charge in [0.05, 0.1) is 17.9 Å². The number of nitrogens with one attached hydrogen (secondary N) is 1. The van der Waals surface area contributed by atoms with Gasteiger partial charge in [-0.15, -0.1) is 5.10 Å². The largest absolute Gasteiger partial charge is 0.493 e. The molecule has 1 aliphatic heterocycles. The summed E-state index contributed by atoms with van der Waals surface area (Å²) in [7, 11) is -3.75. The lowest BCUT2D eigenvalue weighted by Crippen LogP contribution is -2.51. The number of carbonyl (C=O) groups excluding carboxylic acids is 1. The van der Waals surface area contributed by atoms with Gasteiger partial charge in [-0.05, 0) is 57.6 Å². The van der Waals surface area contributed by atoms with E-state index in [1.165, 1.54) is 14.9 Å². The van der Waals surface area contributed by atoms with Crippen LogP contribution in [0.5, 0.6) is 5.88 Å². The standard InChI is InChI=1S/C29H39F2N7O4S/c1-20-16-27(40)38-28(32-20)34-25(35-38)17-26(39)33-23-10-14-36(15-11-23)21(2)18-37(24-6-4-3-5-7-24)43(41,42)19-22-8-12-29(30,31)13-9-22/h3-7,16,21-23,40H,8-15,17-19H2,1-2H3,(H,33,39)/t21-/m1/s1. The normalized spacial score (nSPS) is 19.3. The molecule has 43 heavy (non-hydrogen) atoms. The number of aryl methyl sites for hydroxylation is 1. The molecule has 2 N–H and O–H groups in total. The van der Waals surface area contributed by atoms with Crippen LogP contribution in [0.15, 0.2) is 36.4 Å². The van der Waals surface area contributed by atoms with Crippen molar-refractivity contribution in [2.75, 3.05) is 29.7 Å². The van der Waals surface area contributed by atoms with E-state index in [4.69, 9.17) is 0 Å². The van der Waals surface area contributed by atoms with Gasteiger partial charge in [-0.3, -0.25) is 14.0 Å². The molecule has 3 aromatic rings. The number of halogens is 2. The first-order chi connectivity index (χ1) is 20.4. The maximum absolute atomic E-state index is 13.7. The van der Waals surface area contributed by atoms with Gasteiger partial charge < -0.3 is 10.4 Å². The molecule has 2 fully saturated rings. The number of carbonyl (C=O) groups is 1. The Morgan fingerprint density at radius 3 is 2.49 bits per heavy atom. The zero-order valence-corrected chi connectivity index (χ0v) is 25.3. The van der Waals surface area contributed by atoms with Crippen LogP contribution in [0.4, 0.5) is 14.5 Å². The van der Waals surface area contributed by atoms with Gasteiger partial charge in [0.15, 0.2) is 5.82 Å².